The zero-order valence-corrected chi connectivity index (χ0v) is 13.4. The zero-order valence-electron chi connectivity index (χ0n) is 13.4. The van der Waals surface area contributed by atoms with E-state index in [0.717, 1.165) is 16.5 Å². The standard InChI is InChI=1S/C21H20O2/c1-15(16-8-4-3-5-9-16)20(21(22)23-2)19-13-12-17-10-6-7-11-18(17)14-19/h3-15,20H,1-2H3. The third kappa shape index (κ3) is 3.11. The van der Waals surface area contributed by atoms with Crippen LogP contribution in [0.3, 0.4) is 0 Å². The van der Waals surface area contributed by atoms with Crippen molar-refractivity contribution < 1.29 is 9.53 Å². The van der Waals surface area contributed by atoms with Gasteiger partial charge in [-0.15, -0.1) is 0 Å². The first-order chi connectivity index (χ1) is 11.2. The summed E-state index contributed by atoms with van der Waals surface area (Å²) in [4.78, 5) is 12.4. The first kappa shape index (κ1) is 15.3. The SMILES string of the molecule is COC(=O)C(c1ccc2ccccc2c1)C(C)c1ccccc1. The molecule has 0 saturated heterocycles. The van der Waals surface area contributed by atoms with Crippen molar-refractivity contribution in [2.24, 2.45) is 0 Å². The molecule has 0 radical (unpaired) electrons. The molecule has 0 aromatic heterocycles. The maximum Gasteiger partial charge on any atom is 0.313 e. The van der Waals surface area contributed by atoms with Crippen molar-refractivity contribution in [3.8, 4) is 0 Å². The van der Waals surface area contributed by atoms with E-state index in [1.807, 2.05) is 36.4 Å². The van der Waals surface area contributed by atoms with Crippen molar-refractivity contribution >= 4 is 16.7 Å². The average Bonchev–Trinajstić information content (AvgIpc) is 2.62. The van der Waals surface area contributed by atoms with Crippen LogP contribution in [-0.4, -0.2) is 13.1 Å². The van der Waals surface area contributed by atoms with E-state index in [9.17, 15) is 4.79 Å². The summed E-state index contributed by atoms with van der Waals surface area (Å²) in [6, 6.07) is 24.5. The maximum absolute atomic E-state index is 12.4. The molecule has 0 aliphatic rings. The van der Waals surface area contributed by atoms with Crippen molar-refractivity contribution in [2.75, 3.05) is 7.11 Å². The normalized spacial score (nSPS) is 13.5. The van der Waals surface area contributed by atoms with Gasteiger partial charge < -0.3 is 4.74 Å². The molecule has 0 fully saturated rings. The fourth-order valence-corrected chi connectivity index (χ4v) is 3.11. The molecule has 3 aromatic carbocycles. The van der Waals surface area contributed by atoms with Crippen molar-refractivity contribution in [3.63, 3.8) is 0 Å². The predicted molar refractivity (Wildman–Crippen MR) is 93.6 cm³/mol. The fourth-order valence-electron chi connectivity index (χ4n) is 3.11. The number of carbonyl (C=O) groups is 1. The predicted octanol–water partition coefficient (Wildman–Crippen LogP) is 4.90. The van der Waals surface area contributed by atoms with Gasteiger partial charge in [-0.2, -0.15) is 0 Å². The van der Waals surface area contributed by atoms with Crippen LogP contribution in [0.5, 0.6) is 0 Å². The van der Waals surface area contributed by atoms with Crippen LogP contribution in [0.4, 0.5) is 0 Å². The lowest BCUT2D eigenvalue weighted by molar-refractivity contribution is -0.142. The molecule has 0 aliphatic carbocycles. The van der Waals surface area contributed by atoms with Crippen LogP contribution in [-0.2, 0) is 9.53 Å². The molecular formula is C21H20O2. The molecule has 2 unspecified atom stereocenters. The third-order valence-electron chi connectivity index (χ3n) is 4.41. The minimum Gasteiger partial charge on any atom is -0.469 e. The summed E-state index contributed by atoms with van der Waals surface area (Å²) in [7, 11) is 1.45. The summed E-state index contributed by atoms with van der Waals surface area (Å²) < 4.78 is 5.08. The van der Waals surface area contributed by atoms with Crippen LogP contribution in [0.25, 0.3) is 10.8 Å². The molecule has 2 nitrogen and oxygen atoms in total. The molecule has 0 spiro atoms. The van der Waals surface area contributed by atoms with Gasteiger partial charge in [0.25, 0.3) is 0 Å². The molecule has 3 aromatic rings. The van der Waals surface area contributed by atoms with Crippen LogP contribution >= 0.6 is 0 Å². The topological polar surface area (TPSA) is 26.3 Å². The van der Waals surface area contributed by atoms with Crippen LogP contribution in [0.1, 0.15) is 29.9 Å². The summed E-state index contributed by atoms with van der Waals surface area (Å²) in [6.07, 6.45) is 0. The van der Waals surface area contributed by atoms with Gasteiger partial charge >= 0.3 is 5.97 Å². The summed E-state index contributed by atoms with van der Waals surface area (Å²) >= 11 is 0. The first-order valence-electron chi connectivity index (χ1n) is 7.82. The molecule has 0 heterocycles. The van der Waals surface area contributed by atoms with Gasteiger partial charge in [0.05, 0.1) is 13.0 Å². The number of hydrogen-bond donors (Lipinski definition) is 0. The Hall–Kier alpha value is -2.61. The highest BCUT2D eigenvalue weighted by molar-refractivity contribution is 5.86. The monoisotopic (exact) mass is 304 g/mol. The number of rotatable bonds is 4. The van der Waals surface area contributed by atoms with Gasteiger partial charge in [-0.1, -0.05) is 79.7 Å². The van der Waals surface area contributed by atoms with Crippen LogP contribution in [0.2, 0.25) is 0 Å². The van der Waals surface area contributed by atoms with Gasteiger partial charge in [0, 0.05) is 0 Å². The quantitative estimate of drug-likeness (QED) is 0.641. The highest BCUT2D eigenvalue weighted by atomic mass is 16.5. The Kier molecular flexibility index (Phi) is 4.42. The first-order valence-corrected chi connectivity index (χ1v) is 7.82. The maximum atomic E-state index is 12.4. The van der Waals surface area contributed by atoms with Crippen molar-refractivity contribution in [2.45, 2.75) is 18.8 Å². The van der Waals surface area contributed by atoms with Gasteiger partial charge in [-0.25, -0.2) is 0 Å². The second-order valence-corrected chi connectivity index (χ2v) is 5.81. The average molecular weight is 304 g/mol. The number of benzene rings is 3. The summed E-state index contributed by atoms with van der Waals surface area (Å²) in [5.74, 6) is -0.464. The molecule has 0 N–H and O–H groups in total. The highest BCUT2D eigenvalue weighted by Gasteiger charge is 2.29. The second kappa shape index (κ2) is 6.66. The zero-order chi connectivity index (χ0) is 16.2. The van der Waals surface area contributed by atoms with E-state index in [0.29, 0.717) is 0 Å². The van der Waals surface area contributed by atoms with Crippen LogP contribution in [0.15, 0.2) is 72.8 Å². The molecule has 23 heavy (non-hydrogen) atoms. The Morgan fingerprint density at radius 3 is 2.17 bits per heavy atom. The highest BCUT2D eigenvalue weighted by Crippen LogP contribution is 2.35. The third-order valence-corrected chi connectivity index (χ3v) is 4.41. The van der Waals surface area contributed by atoms with E-state index in [4.69, 9.17) is 4.74 Å². The van der Waals surface area contributed by atoms with Gasteiger partial charge in [-0.3, -0.25) is 4.79 Å². The smallest absolute Gasteiger partial charge is 0.313 e. The Labute approximate surface area is 136 Å². The number of methoxy groups -OCH3 is 1. The minimum atomic E-state index is -0.313. The Morgan fingerprint density at radius 2 is 1.48 bits per heavy atom. The molecule has 0 aliphatic heterocycles. The summed E-state index contributed by atoms with van der Waals surface area (Å²) in [5.41, 5.74) is 2.13. The molecule has 116 valence electrons. The number of ether oxygens (including phenoxy) is 1. The van der Waals surface area contributed by atoms with E-state index in [-0.39, 0.29) is 17.8 Å². The molecule has 2 atom stereocenters. The molecule has 2 heteroatoms. The fraction of sp³-hybridized carbons (Fsp3) is 0.190. The molecule has 0 amide bonds. The number of esters is 1. The van der Waals surface area contributed by atoms with Gasteiger partial charge in [-0.05, 0) is 27.8 Å². The van der Waals surface area contributed by atoms with Gasteiger partial charge in [0.2, 0.25) is 0 Å². The second-order valence-electron chi connectivity index (χ2n) is 5.81. The molecule has 3 rings (SSSR count). The summed E-state index contributed by atoms with van der Waals surface area (Å²) in [6.45, 7) is 2.08. The Bertz CT molecular complexity index is 808. The largest absolute Gasteiger partial charge is 0.469 e. The van der Waals surface area contributed by atoms with E-state index >= 15 is 0 Å². The van der Waals surface area contributed by atoms with Crippen molar-refractivity contribution in [3.05, 3.63) is 83.9 Å². The molecular weight excluding hydrogens is 284 g/mol. The van der Waals surface area contributed by atoms with Crippen molar-refractivity contribution in [1.29, 1.82) is 0 Å². The Balaban J connectivity index is 2.05. The number of hydrogen-bond acceptors (Lipinski definition) is 2. The van der Waals surface area contributed by atoms with Crippen LogP contribution in [0, 0.1) is 0 Å². The Morgan fingerprint density at radius 1 is 0.826 bits per heavy atom. The lowest BCUT2D eigenvalue weighted by Crippen LogP contribution is -2.20. The lowest BCUT2D eigenvalue weighted by atomic mass is 9.82. The number of fused-ring (bicyclic) bond motifs is 1. The summed E-state index contributed by atoms with van der Waals surface area (Å²) in [5, 5.41) is 2.31. The number of carbonyl (C=O) groups excluding carboxylic acids is 1. The van der Waals surface area contributed by atoms with E-state index in [2.05, 4.69) is 43.3 Å². The van der Waals surface area contributed by atoms with Crippen molar-refractivity contribution in [1.82, 2.24) is 0 Å². The van der Waals surface area contributed by atoms with Gasteiger partial charge in [0.1, 0.15) is 0 Å². The molecule has 0 saturated carbocycles. The van der Waals surface area contributed by atoms with E-state index < -0.39 is 0 Å². The minimum absolute atomic E-state index is 0.0461. The molecule has 0 bridgehead atoms. The van der Waals surface area contributed by atoms with E-state index in [1.165, 1.54) is 12.5 Å². The lowest BCUT2D eigenvalue weighted by Gasteiger charge is -2.23. The van der Waals surface area contributed by atoms with E-state index in [1.54, 1.807) is 0 Å². The van der Waals surface area contributed by atoms with Crippen LogP contribution < -0.4 is 0 Å². The van der Waals surface area contributed by atoms with Gasteiger partial charge in [0.15, 0.2) is 0 Å².